The van der Waals surface area contributed by atoms with E-state index in [9.17, 15) is 0 Å². The fourth-order valence-electron chi connectivity index (χ4n) is 6.80. The van der Waals surface area contributed by atoms with Gasteiger partial charge in [0.15, 0.2) is 0 Å². The lowest BCUT2D eigenvalue weighted by Crippen LogP contribution is -2.66. The highest BCUT2D eigenvalue weighted by Crippen LogP contribution is 2.22. The van der Waals surface area contributed by atoms with Crippen molar-refractivity contribution in [3.05, 3.63) is 204 Å². The zero-order chi connectivity index (χ0) is 33.5. The summed E-state index contributed by atoms with van der Waals surface area (Å²) in [4.78, 5) is 2.33. The van der Waals surface area contributed by atoms with Crippen LogP contribution >= 0.6 is 11.3 Å². The van der Waals surface area contributed by atoms with Crippen LogP contribution < -0.4 is 31.1 Å². The Morgan fingerprint density at radius 2 is 0.531 bits per heavy atom. The number of nitrogens with zero attached hydrogens (tertiary/aromatic N) is 2. The van der Waals surface area contributed by atoms with E-state index < -0.39 is 16.5 Å². The molecule has 0 aliphatic heterocycles. The molecular formula is C44H38N2SSi2. The lowest BCUT2D eigenvalue weighted by molar-refractivity contribution is 1.57. The van der Waals surface area contributed by atoms with Crippen molar-refractivity contribution in [2.24, 2.45) is 9.32 Å². The summed E-state index contributed by atoms with van der Waals surface area (Å²) in [7, 11) is -5.57. The van der Waals surface area contributed by atoms with Crippen molar-refractivity contribution < 1.29 is 0 Å². The molecule has 238 valence electrons. The minimum atomic E-state index is -2.79. The average Bonchev–Trinajstić information content (AvgIpc) is 3.69. The van der Waals surface area contributed by atoms with Crippen LogP contribution in [0.2, 0.25) is 0 Å². The van der Waals surface area contributed by atoms with Crippen LogP contribution in [-0.2, 0) is 0 Å². The first-order valence-corrected chi connectivity index (χ1v) is 21.4. The maximum atomic E-state index is 5.81. The van der Waals surface area contributed by atoms with E-state index in [4.69, 9.17) is 9.32 Å². The van der Waals surface area contributed by atoms with E-state index >= 15 is 0 Å². The maximum Gasteiger partial charge on any atom is 0.273 e. The van der Waals surface area contributed by atoms with Gasteiger partial charge in [0, 0.05) is 21.2 Å². The third kappa shape index (κ3) is 6.36. The first kappa shape index (κ1) is 32.3. The number of benzene rings is 6. The molecule has 0 saturated carbocycles. The molecule has 2 nitrogen and oxygen atoms in total. The molecule has 0 unspecified atom stereocenters. The number of hydrogen-bond acceptors (Lipinski definition) is 3. The van der Waals surface area contributed by atoms with Gasteiger partial charge in [-0.1, -0.05) is 182 Å². The largest absolute Gasteiger partial charge is 0.307 e. The van der Waals surface area contributed by atoms with E-state index in [1.54, 1.807) is 11.3 Å². The molecule has 1 aromatic heterocycles. The molecular weight excluding hydrogens is 645 g/mol. The summed E-state index contributed by atoms with van der Waals surface area (Å²) in [5.74, 6) is 0. The highest BCUT2D eigenvalue weighted by Gasteiger charge is 2.41. The molecule has 7 aromatic rings. The van der Waals surface area contributed by atoms with Crippen LogP contribution in [0.4, 0.5) is 0 Å². The molecule has 0 aliphatic rings. The quantitative estimate of drug-likeness (QED) is 0.0872. The molecule has 1 heterocycles. The van der Waals surface area contributed by atoms with Crippen LogP contribution in [0.15, 0.2) is 203 Å². The van der Waals surface area contributed by atoms with Crippen LogP contribution in [0.25, 0.3) is 0 Å². The zero-order valence-corrected chi connectivity index (χ0v) is 30.6. The van der Waals surface area contributed by atoms with Gasteiger partial charge in [0.2, 0.25) is 0 Å². The van der Waals surface area contributed by atoms with Crippen molar-refractivity contribution in [3.63, 3.8) is 0 Å². The Bertz CT molecular complexity index is 1820. The molecule has 0 N–H and O–H groups in total. The van der Waals surface area contributed by atoms with Gasteiger partial charge in [-0.05, 0) is 57.1 Å². The fourth-order valence-corrected chi connectivity index (χ4v) is 15.9. The second-order valence-electron chi connectivity index (χ2n) is 12.2. The van der Waals surface area contributed by atoms with Crippen molar-refractivity contribution in [1.29, 1.82) is 0 Å². The smallest absolute Gasteiger partial charge is 0.273 e. The fraction of sp³-hybridized carbons (Fsp3) is 0.0455. The molecule has 0 fully saturated rings. The number of rotatable bonds is 10. The zero-order valence-electron chi connectivity index (χ0n) is 27.8. The van der Waals surface area contributed by atoms with Crippen LogP contribution in [0, 0.1) is 0 Å². The summed E-state index contributed by atoms with van der Waals surface area (Å²) in [5.41, 5.74) is 2.09. The van der Waals surface area contributed by atoms with E-state index in [1.807, 2.05) is 0 Å². The van der Waals surface area contributed by atoms with Gasteiger partial charge >= 0.3 is 0 Å². The Morgan fingerprint density at radius 3 is 0.735 bits per heavy atom. The van der Waals surface area contributed by atoms with Crippen molar-refractivity contribution in [2.75, 3.05) is 0 Å². The van der Waals surface area contributed by atoms with Crippen molar-refractivity contribution in [3.8, 4) is 0 Å². The number of hydrogen-bond donors (Lipinski definition) is 0. The summed E-state index contributed by atoms with van der Waals surface area (Å²) in [6.45, 7) is 4.35. The molecule has 49 heavy (non-hydrogen) atoms. The van der Waals surface area contributed by atoms with Gasteiger partial charge in [-0.25, -0.2) is 0 Å². The molecule has 0 bridgehead atoms. The topological polar surface area (TPSA) is 24.7 Å². The van der Waals surface area contributed by atoms with Gasteiger partial charge in [-0.15, -0.1) is 11.3 Å². The molecule has 6 aromatic carbocycles. The van der Waals surface area contributed by atoms with E-state index in [2.05, 4.69) is 208 Å². The minimum absolute atomic E-state index is 1.05. The lowest BCUT2D eigenvalue weighted by atomic mass is 10.3. The van der Waals surface area contributed by atoms with Gasteiger partial charge in [0.1, 0.15) is 0 Å². The van der Waals surface area contributed by atoms with Crippen LogP contribution in [-0.4, -0.2) is 27.9 Å². The highest BCUT2D eigenvalue weighted by atomic mass is 32.1. The predicted molar refractivity (Wildman–Crippen MR) is 217 cm³/mol. The Morgan fingerprint density at radius 1 is 0.327 bits per heavy atom. The molecule has 0 aliphatic carbocycles. The molecule has 0 radical (unpaired) electrons. The van der Waals surface area contributed by atoms with Crippen molar-refractivity contribution in [1.82, 2.24) is 0 Å². The third-order valence-electron chi connectivity index (χ3n) is 9.14. The standard InChI is InChI=1S/C44H38N2SSi2/c1-35(45-48(37-21-9-3-10-22-37,38-23-11-4-12-24-38)39-25-13-5-14-26-39)43-33-34-44(47-43)36(2)46-49(40-27-15-6-16-28-40,41-29-17-7-18-30-41)42-31-19-8-20-32-42/h3-34H,1-2H3/b45-35-,46-36+. The summed E-state index contributed by atoms with van der Waals surface area (Å²) in [5, 5.41) is 7.61. The summed E-state index contributed by atoms with van der Waals surface area (Å²) in [6.07, 6.45) is 0. The highest BCUT2D eigenvalue weighted by molar-refractivity contribution is 7.17. The summed E-state index contributed by atoms with van der Waals surface area (Å²) >= 11 is 1.78. The van der Waals surface area contributed by atoms with Gasteiger partial charge in [-0.2, -0.15) is 0 Å². The van der Waals surface area contributed by atoms with E-state index in [1.165, 1.54) is 31.1 Å². The molecule has 7 rings (SSSR count). The Hall–Kier alpha value is -5.21. The van der Waals surface area contributed by atoms with Crippen LogP contribution in [0.1, 0.15) is 23.6 Å². The van der Waals surface area contributed by atoms with Gasteiger partial charge in [0.05, 0.1) is 0 Å². The molecule has 0 saturated heterocycles. The van der Waals surface area contributed by atoms with Crippen LogP contribution in [0.3, 0.4) is 0 Å². The van der Waals surface area contributed by atoms with Gasteiger partial charge in [-0.3, -0.25) is 0 Å². The lowest BCUT2D eigenvalue weighted by Gasteiger charge is -2.30. The monoisotopic (exact) mass is 682 g/mol. The SMILES string of the molecule is C/C(=N/[Si](c1ccccc1)(c1ccccc1)c1ccccc1)c1ccc(/C(C)=N/[Si](c2ccccc2)(c2ccccc2)c2ccccc2)s1. The van der Waals surface area contributed by atoms with Crippen molar-refractivity contribution >= 4 is 70.4 Å². The van der Waals surface area contributed by atoms with Crippen molar-refractivity contribution in [2.45, 2.75) is 13.8 Å². The second-order valence-corrected chi connectivity index (χ2v) is 20.0. The maximum absolute atomic E-state index is 5.81. The second kappa shape index (κ2) is 14.5. The first-order valence-electron chi connectivity index (χ1n) is 16.7. The Balaban J connectivity index is 1.38. The average molecular weight is 683 g/mol. The van der Waals surface area contributed by atoms with Crippen LogP contribution in [0.5, 0.6) is 0 Å². The van der Waals surface area contributed by atoms with E-state index in [-0.39, 0.29) is 0 Å². The van der Waals surface area contributed by atoms with Gasteiger partial charge < -0.3 is 9.32 Å². The first-order chi connectivity index (χ1) is 24.1. The molecule has 0 spiro atoms. The van der Waals surface area contributed by atoms with E-state index in [0.717, 1.165) is 21.2 Å². The normalized spacial score (nSPS) is 12.5. The predicted octanol–water partition coefficient (Wildman–Crippen LogP) is 6.70. The Labute approximate surface area is 296 Å². The van der Waals surface area contributed by atoms with Gasteiger partial charge in [0.25, 0.3) is 16.5 Å². The third-order valence-corrected chi connectivity index (χ3v) is 18.8. The molecule has 5 heteroatoms. The summed E-state index contributed by atoms with van der Waals surface area (Å²) in [6, 6.07) is 69.7. The number of thiophene rings is 1. The molecule has 0 atom stereocenters. The van der Waals surface area contributed by atoms with E-state index in [0.29, 0.717) is 0 Å². The minimum Gasteiger partial charge on any atom is -0.307 e. The molecule has 0 amide bonds. The summed E-state index contributed by atoms with van der Waals surface area (Å²) < 4.78 is 11.6. The Kier molecular flexibility index (Phi) is 9.57.